The number of benzene rings is 1. The molecule has 0 unspecified atom stereocenters. The van der Waals surface area contributed by atoms with E-state index in [9.17, 15) is 19.5 Å². The lowest BCUT2D eigenvalue weighted by atomic mass is 9.82. The summed E-state index contributed by atoms with van der Waals surface area (Å²) in [6, 6.07) is 6.71. The van der Waals surface area contributed by atoms with Crippen LogP contribution in [0.1, 0.15) is 44.0 Å². The summed E-state index contributed by atoms with van der Waals surface area (Å²) >= 11 is 0. The average Bonchev–Trinajstić information content (AvgIpc) is 2.53. The summed E-state index contributed by atoms with van der Waals surface area (Å²) in [4.78, 5) is 36.4. The number of hydrogen-bond donors (Lipinski definition) is 3. The molecule has 0 heterocycles. The van der Waals surface area contributed by atoms with E-state index in [0.29, 0.717) is 24.1 Å². The van der Waals surface area contributed by atoms with Crippen LogP contribution < -0.4 is 10.6 Å². The Labute approximate surface area is 147 Å². The highest BCUT2D eigenvalue weighted by atomic mass is 16.4. The van der Waals surface area contributed by atoms with Crippen molar-refractivity contribution in [3.8, 4) is 0 Å². The number of aliphatic carboxylic acids is 1. The lowest BCUT2D eigenvalue weighted by molar-refractivity contribution is -0.146. The van der Waals surface area contributed by atoms with Crippen LogP contribution in [0.5, 0.6) is 0 Å². The van der Waals surface area contributed by atoms with Crippen LogP contribution in [0.15, 0.2) is 36.4 Å². The fraction of sp³-hybridized carbons (Fsp3) is 0.421. The Bertz CT molecular complexity index is 704. The van der Waals surface area contributed by atoms with Crippen LogP contribution in [0.3, 0.4) is 0 Å². The maximum atomic E-state index is 12.6. The summed E-state index contributed by atoms with van der Waals surface area (Å²) in [6.45, 7) is 5.62. The number of carbonyl (C=O) groups excluding carboxylic acids is 2. The third kappa shape index (κ3) is 4.92. The van der Waals surface area contributed by atoms with Gasteiger partial charge >= 0.3 is 5.97 Å². The molecule has 3 N–H and O–H groups in total. The van der Waals surface area contributed by atoms with Gasteiger partial charge in [0.1, 0.15) is 0 Å². The van der Waals surface area contributed by atoms with Crippen LogP contribution >= 0.6 is 0 Å². The molecule has 1 aromatic rings. The largest absolute Gasteiger partial charge is 0.481 e. The molecule has 2 amide bonds. The molecule has 2 atom stereocenters. The Morgan fingerprint density at radius 1 is 1.04 bits per heavy atom. The molecule has 0 spiro atoms. The lowest BCUT2D eigenvalue weighted by Gasteiger charge is -2.25. The first-order valence-corrected chi connectivity index (χ1v) is 8.29. The van der Waals surface area contributed by atoms with Gasteiger partial charge in [-0.2, -0.15) is 0 Å². The fourth-order valence-electron chi connectivity index (χ4n) is 2.80. The zero-order chi connectivity index (χ0) is 18.6. The normalized spacial score (nSPS) is 20.0. The van der Waals surface area contributed by atoms with Gasteiger partial charge in [0, 0.05) is 5.54 Å². The number of allylic oxidation sites excluding steroid dienone is 2. The Morgan fingerprint density at radius 2 is 1.64 bits per heavy atom. The van der Waals surface area contributed by atoms with E-state index in [1.54, 1.807) is 30.3 Å². The van der Waals surface area contributed by atoms with Crippen molar-refractivity contribution >= 4 is 23.5 Å². The van der Waals surface area contributed by atoms with Gasteiger partial charge in [-0.25, -0.2) is 0 Å². The van der Waals surface area contributed by atoms with E-state index < -0.39 is 23.3 Å². The predicted octanol–water partition coefficient (Wildman–Crippen LogP) is 2.82. The number of carboxylic acid groups (broad SMARTS) is 1. The smallest absolute Gasteiger partial charge is 0.307 e. The van der Waals surface area contributed by atoms with Crippen molar-refractivity contribution < 1.29 is 19.5 Å². The number of amides is 2. The third-order valence-corrected chi connectivity index (χ3v) is 4.00. The molecule has 134 valence electrons. The van der Waals surface area contributed by atoms with E-state index >= 15 is 0 Å². The molecule has 1 aliphatic rings. The molecule has 0 radical (unpaired) electrons. The molecule has 0 aromatic heterocycles. The SMILES string of the molecule is CC(C)(C)NC(=O)c1ccccc1NC(=O)[C@H]1CC=CC[C@H]1C(=O)O. The van der Waals surface area contributed by atoms with Crippen LogP contribution in [-0.4, -0.2) is 28.4 Å². The van der Waals surface area contributed by atoms with Crippen molar-refractivity contribution in [2.24, 2.45) is 11.8 Å². The van der Waals surface area contributed by atoms with Gasteiger partial charge in [-0.05, 0) is 45.7 Å². The molecular formula is C19H24N2O4. The first kappa shape index (κ1) is 18.7. The molecule has 0 saturated carbocycles. The highest BCUT2D eigenvalue weighted by Crippen LogP contribution is 2.28. The lowest BCUT2D eigenvalue weighted by Crippen LogP contribution is -2.41. The third-order valence-electron chi connectivity index (χ3n) is 4.00. The quantitative estimate of drug-likeness (QED) is 0.732. The van der Waals surface area contributed by atoms with Crippen molar-refractivity contribution in [1.82, 2.24) is 5.32 Å². The Balaban J connectivity index is 2.20. The number of rotatable bonds is 4. The minimum Gasteiger partial charge on any atom is -0.481 e. The molecule has 1 aliphatic carbocycles. The van der Waals surface area contributed by atoms with E-state index in [2.05, 4.69) is 10.6 Å². The van der Waals surface area contributed by atoms with Gasteiger partial charge in [-0.15, -0.1) is 0 Å². The summed E-state index contributed by atoms with van der Waals surface area (Å²) in [5.41, 5.74) is 0.327. The number of carboxylic acids is 1. The molecule has 6 nitrogen and oxygen atoms in total. The highest BCUT2D eigenvalue weighted by molar-refractivity contribution is 6.05. The van der Waals surface area contributed by atoms with Crippen LogP contribution in [-0.2, 0) is 9.59 Å². The van der Waals surface area contributed by atoms with Gasteiger partial charge in [0.2, 0.25) is 5.91 Å². The van der Waals surface area contributed by atoms with E-state index in [1.165, 1.54) is 0 Å². The molecular weight excluding hydrogens is 320 g/mol. The summed E-state index contributed by atoms with van der Waals surface area (Å²) in [5.74, 6) is -3.06. The van der Waals surface area contributed by atoms with E-state index in [1.807, 2.05) is 26.8 Å². The second kappa shape index (κ2) is 7.51. The fourth-order valence-corrected chi connectivity index (χ4v) is 2.80. The van der Waals surface area contributed by atoms with Crippen LogP contribution in [0, 0.1) is 11.8 Å². The first-order chi connectivity index (χ1) is 11.7. The molecule has 1 aromatic carbocycles. The van der Waals surface area contributed by atoms with E-state index in [-0.39, 0.29) is 11.8 Å². The predicted molar refractivity (Wildman–Crippen MR) is 95.3 cm³/mol. The van der Waals surface area contributed by atoms with Gasteiger partial charge < -0.3 is 15.7 Å². The van der Waals surface area contributed by atoms with E-state index in [4.69, 9.17) is 0 Å². The summed E-state index contributed by atoms with van der Waals surface area (Å²) in [6.07, 6.45) is 4.31. The van der Waals surface area contributed by atoms with Gasteiger partial charge in [0.05, 0.1) is 23.1 Å². The molecule has 6 heteroatoms. The van der Waals surface area contributed by atoms with Crippen LogP contribution in [0.25, 0.3) is 0 Å². The summed E-state index contributed by atoms with van der Waals surface area (Å²) in [5, 5.41) is 14.9. The van der Waals surface area contributed by atoms with Crippen molar-refractivity contribution in [2.45, 2.75) is 39.2 Å². The molecule has 25 heavy (non-hydrogen) atoms. The number of nitrogens with one attached hydrogen (secondary N) is 2. The number of carbonyl (C=O) groups is 3. The second-order valence-electron chi connectivity index (χ2n) is 7.23. The van der Waals surface area contributed by atoms with Crippen LogP contribution in [0.2, 0.25) is 0 Å². The number of hydrogen-bond acceptors (Lipinski definition) is 3. The van der Waals surface area contributed by atoms with Gasteiger partial charge in [0.15, 0.2) is 0 Å². The second-order valence-corrected chi connectivity index (χ2v) is 7.23. The maximum absolute atomic E-state index is 12.6. The zero-order valence-corrected chi connectivity index (χ0v) is 14.7. The Morgan fingerprint density at radius 3 is 2.24 bits per heavy atom. The maximum Gasteiger partial charge on any atom is 0.307 e. The monoisotopic (exact) mass is 344 g/mol. The van der Waals surface area contributed by atoms with Gasteiger partial charge in [-0.3, -0.25) is 14.4 Å². The summed E-state index contributed by atoms with van der Waals surface area (Å²) < 4.78 is 0. The van der Waals surface area contributed by atoms with Crippen molar-refractivity contribution in [3.05, 3.63) is 42.0 Å². The van der Waals surface area contributed by atoms with Crippen molar-refractivity contribution in [2.75, 3.05) is 5.32 Å². The molecule has 0 aliphatic heterocycles. The minimum absolute atomic E-state index is 0.290. The first-order valence-electron chi connectivity index (χ1n) is 8.29. The van der Waals surface area contributed by atoms with Gasteiger partial charge in [0.25, 0.3) is 5.91 Å². The Kier molecular flexibility index (Phi) is 5.62. The van der Waals surface area contributed by atoms with Crippen molar-refractivity contribution in [1.29, 1.82) is 0 Å². The molecule has 0 saturated heterocycles. The highest BCUT2D eigenvalue weighted by Gasteiger charge is 2.34. The summed E-state index contributed by atoms with van der Waals surface area (Å²) in [7, 11) is 0. The number of para-hydroxylation sites is 1. The average molecular weight is 344 g/mol. The molecule has 0 bridgehead atoms. The van der Waals surface area contributed by atoms with Crippen molar-refractivity contribution in [3.63, 3.8) is 0 Å². The molecule has 0 fully saturated rings. The Hall–Kier alpha value is -2.63. The van der Waals surface area contributed by atoms with Crippen LogP contribution in [0.4, 0.5) is 5.69 Å². The standard InChI is InChI=1S/C19H24N2O4/c1-19(2,3)21-17(23)14-10-6-7-11-15(14)20-16(22)12-8-4-5-9-13(12)18(24)25/h4-7,10-13H,8-9H2,1-3H3,(H,20,22)(H,21,23)(H,24,25)/t12-,13+/m0/s1. The molecule has 2 rings (SSSR count). The number of anilines is 1. The van der Waals surface area contributed by atoms with E-state index in [0.717, 1.165) is 0 Å². The zero-order valence-electron chi connectivity index (χ0n) is 14.7. The minimum atomic E-state index is -0.983. The topological polar surface area (TPSA) is 95.5 Å². The van der Waals surface area contributed by atoms with Gasteiger partial charge in [-0.1, -0.05) is 24.3 Å².